The zero-order chi connectivity index (χ0) is 24.2. The lowest BCUT2D eigenvalue weighted by atomic mass is 10.0. The van der Waals surface area contributed by atoms with Gasteiger partial charge in [-0.1, -0.05) is 23.8 Å². The number of piperidine rings is 1. The normalized spacial score (nSPS) is 14.1. The van der Waals surface area contributed by atoms with Crippen molar-refractivity contribution >= 4 is 16.7 Å². The van der Waals surface area contributed by atoms with Gasteiger partial charge >= 0.3 is 5.63 Å². The Balaban J connectivity index is 1.49. The second kappa shape index (κ2) is 10.2. The van der Waals surface area contributed by atoms with Gasteiger partial charge in [0.1, 0.15) is 22.8 Å². The summed E-state index contributed by atoms with van der Waals surface area (Å²) in [5, 5.41) is 4.42. The molecule has 1 fully saturated rings. The van der Waals surface area contributed by atoms with E-state index in [0.29, 0.717) is 18.2 Å². The number of methoxy groups -OCH3 is 1. The number of rotatable bonds is 7. The van der Waals surface area contributed by atoms with Crippen molar-refractivity contribution in [2.75, 3.05) is 25.1 Å². The van der Waals surface area contributed by atoms with E-state index in [-0.39, 0.29) is 5.63 Å². The van der Waals surface area contributed by atoms with E-state index in [1.807, 2.05) is 48.5 Å². The van der Waals surface area contributed by atoms with E-state index >= 15 is 0 Å². The van der Waals surface area contributed by atoms with Crippen LogP contribution in [0.25, 0.3) is 11.0 Å². The van der Waals surface area contributed by atoms with Crippen molar-refractivity contribution in [3.8, 4) is 17.2 Å². The summed E-state index contributed by atoms with van der Waals surface area (Å²) in [6.45, 7) is 4.64. The molecule has 1 aliphatic heterocycles. The number of anilines is 1. The minimum atomic E-state index is -0.327. The molecule has 1 aliphatic rings. The van der Waals surface area contributed by atoms with Crippen molar-refractivity contribution in [2.45, 2.75) is 32.4 Å². The van der Waals surface area contributed by atoms with E-state index in [0.717, 1.165) is 65.4 Å². The molecule has 180 valence electrons. The summed E-state index contributed by atoms with van der Waals surface area (Å²) in [7, 11) is 1.65. The van der Waals surface area contributed by atoms with E-state index in [1.54, 1.807) is 13.2 Å². The van der Waals surface area contributed by atoms with Crippen LogP contribution in [0.5, 0.6) is 17.2 Å². The SMILES string of the molecule is COc1ccc(Oc2cccc(CN(c3cc(=O)oc4ccc(C)cc34)C3CCNCC3)c2)cc1. The molecule has 6 heteroatoms. The highest BCUT2D eigenvalue weighted by Crippen LogP contribution is 2.32. The maximum absolute atomic E-state index is 12.5. The first-order chi connectivity index (χ1) is 17.1. The van der Waals surface area contributed by atoms with Crippen LogP contribution < -0.4 is 25.3 Å². The molecule has 1 N–H and O–H groups in total. The predicted octanol–water partition coefficient (Wildman–Crippen LogP) is 5.66. The Hall–Kier alpha value is -3.77. The van der Waals surface area contributed by atoms with Gasteiger partial charge in [0.25, 0.3) is 0 Å². The van der Waals surface area contributed by atoms with Crippen LogP contribution in [0.15, 0.2) is 82.0 Å². The van der Waals surface area contributed by atoms with Crippen LogP contribution in [0, 0.1) is 6.92 Å². The summed E-state index contributed by atoms with van der Waals surface area (Å²) in [6.07, 6.45) is 2.02. The lowest BCUT2D eigenvalue weighted by molar-refractivity contribution is 0.412. The van der Waals surface area contributed by atoms with Crippen molar-refractivity contribution in [3.63, 3.8) is 0 Å². The lowest BCUT2D eigenvalue weighted by Gasteiger charge is -2.37. The minimum absolute atomic E-state index is 0.313. The molecule has 0 saturated carbocycles. The molecule has 5 rings (SSSR count). The van der Waals surface area contributed by atoms with Crippen LogP contribution in [0.2, 0.25) is 0 Å². The smallest absolute Gasteiger partial charge is 0.338 e. The highest BCUT2D eigenvalue weighted by molar-refractivity contribution is 5.90. The molecule has 0 amide bonds. The maximum Gasteiger partial charge on any atom is 0.338 e. The monoisotopic (exact) mass is 470 g/mol. The summed E-state index contributed by atoms with van der Waals surface area (Å²) in [6, 6.07) is 23.6. The van der Waals surface area contributed by atoms with Gasteiger partial charge in [-0.15, -0.1) is 0 Å². The maximum atomic E-state index is 12.5. The Bertz CT molecular complexity index is 1360. The van der Waals surface area contributed by atoms with E-state index in [9.17, 15) is 4.79 Å². The van der Waals surface area contributed by atoms with Gasteiger partial charge in [-0.3, -0.25) is 0 Å². The molecule has 1 saturated heterocycles. The molecule has 0 spiro atoms. The number of nitrogens with one attached hydrogen (secondary N) is 1. The first-order valence-electron chi connectivity index (χ1n) is 12.0. The van der Waals surface area contributed by atoms with Crippen LogP contribution in [-0.4, -0.2) is 26.2 Å². The topological polar surface area (TPSA) is 63.9 Å². The highest BCUT2D eigenvalue weighted by Gasteiger charge is 2.24. The Morgan fingerprint density at radius 1 is 0.943 bits per heavy atom. The Kier molecular flexibility index (Phi) is 6.73. The van der Waals surface area contributed by atoms with Crippen molar-refractivity contribution in [1.29, 1.82) is 0 Å². The summed E-state index contributed by atoms with van der Waals surface area (Å²) in [4.78, 5) is 14.9. The van der Waals surface area contributed by atoms with Crippen molar-refractivity contribution in [1.82, 2.24) is 5.32 Å². The highest BCUT2D eigenvalue weighted by atomic mass is 16.5. The molecule has 4 aromatic rings. The van der Waals surface area contributed by atoms with E-state index in [4.69, 9.17) is 13.9 Å². The lowest BCUT2D eigenvalue weighted by Crippen LogP contribution is -2.43. The van der Waals surface area contributed by atoms with Gasteiger partial charge in [-0.25, -0.2) is 4.79 Å². The third-order valence-corrected chi connectivity index (χ3v) is 6.48. The largest absolute Gasteiger partial charge is 0.497 e. The number of benzene rings is 3. The summed E-state index contributed by atoms with van der Waals surface area (Å²) >= 11 is 0. The van der Waals surface area contributed by atoms with Crippen LogP contribution in [0.1, 0.15) is 24.0 Å². The minimum Gasteiger partial charge on any atom is -0.497 e. The van der Waals surface area contributed by atoms with E-state index < -0.39 is 0 Å². The molecule has 2 heterocycles. The van der Waals surface area contributed by atoms with Crippen molar-refractivity contribution in [2.24, 2.45) is 0 Å². The van der Waals surface area contributed by atoms with Gasteiger partial charge in [0.15, 0.2) is 0 Å². The first-order valence-corrected chi connectivity index (χ1v) is 12.0. The zero-order valence-corrected chi connectivity index (χ0v) is 20.1. The Morgan fingerprint density at radius 2 is 1.71 bits per heavy atom. The molecular formula is C29H30N2O4. The molecule has 0 unspecified atom stereocenters. The summed E-state index contributed by atoms with van der Waals surface area (Å²) in [5.41, 5.74) is 3.46. The predicted molar refractivity (Wildman–Crippen MR) is 139 cm³/mol. The number of aryl methyl sites for hydroxylation is 1. The summed E-state index contributed by atoms with van der Waals surface area (Å²) < 4.78 is 16.9. The van der Waals surface area contributed by atoms with E-state index in [1.165, 1.54) is 0 Å². The first kappa shape index (κ1) is 23.0. The summed E-state index contributed by atoms with van der Waals surface area (Å²) in [5.74, 6) is 2.31. The molecule has 6 nitrogen and oxygen atoms in total. The molecule has 3 aromatic carbocycles. The van der Waals surface area contributed by atoms with Crippen molar-refractivity contribution < 1.29 is 13.9 Å². The van der Waals surface area contributed by atoms with Crippen LogP contribution in [0.3, 0.4) is 0 Å². The van der Waals surface area contributed by atoms with Gasteiger partial charge in [-0.2, -0.15) is 0 Å². The third-order valence-electron chi connectivity index (χ3n) is 6.48. The quantitative estimate of drug-likeness (QED) is 0.352. The number of fused-ring (bicyclic) bond motifs is 1. The molecule has 1 aromatic heterocycles. The van der Waals surface area contributed by atoms with Gasteiger partial charge in [0, 0.05) is 24.0 Å². The fourth-order valence-electron chi connectivity index (χ4n) is 4.71. The third kappa shape index (κ3) is 5.33. The number of nitrogens with zero attached hydrogens (tertiary/aromatic N) is 1. The van der Waals surface area contributed by atoms with E-state index in [2.05, 4.69) is 35.3 Å². The fourth-order valence-corrected chi connectivity index (χ4v) is 4.71. The Labute approximate surface area is 205 Å². The molecular weight excluding hydrogens is 440 g/mol. The average molecular weight is 471 g/mol. The second-order valence-electron chi connectivity index (χ2n) is 8.98. The van der Waals surface area contributed by atoms with Gasteiger partial charge in [0.05, 0.1) is 12.8 Å². The molecule has 0 aliphatic carbocycles. The average Bonchev–Trinajstić information content (AvgIpc) is 2.88. The molecule has 0 atom stereocenters. The molecule has 35 heavy (non-hydrogen) atoms. The molecule has 0 radical (unpaired) electrons. The number of ether oxygens (including phenoxy) is 2. The van der Waals surface area contributed by atoms with Crippen LogP contribution in [-0.2, 0) is 6.54 Å². The van der Waals surface area contributed by atoms with Crippen LogP contribution >= 0.6 is 0 Å². The van der Waals surface area contributed by atoms with Gasteiger partial charge < -0.3 is 24.1 Å². The van der Waals surface area contributed by atoms with Gasteiger partial charge in [0.2, 0.25) is 0 Å². The molecule has 0 bridgehead atoms. The zero-order valence-electron chi connectivity index (χ0n) is 20.1. The standard InChI is InChI=1S/C29H30N2O4/c1-20-6-11-28-26(16-20)27(18-29(32)35-28)31(22-12-14-30-15-13-22)19-21-4-3-5-25(17-21)34-24-9-7-23(33-2)8-10-24/h3-11,16-18,22,30H,12-15,19H2,1-2H3. The second-order valence-corrected chi connectivity index (χ2v) is 8.98. The van der Waals surface area contributed by atoms with Crippen molar-refractivity contribution in [3.05, 3.63) is 94.3 Å². The van der Waals surface area contributed by atoms with Gasteiger partial charge in [-0.05, 0) is 86.9 Å². The van der Waals surface area contributed by atoms with Crippen LogP contribution in [0.4, 0.5) is 5.69 Å². The Morgan fingerprint density at radius 3 is 2.49 bits per heavy atom. The fraction of sp³-hybridized carbons (Fsp3) is 0.276. The number of hydrogen-bond donors (Lipinski definition) is 1. The number of hydrogen-bond acceptors (Lipinski definition) is 6.